The van der Waals surface area contributed by atoms with Crippen LogP contribution in [0.4, 0.5) is 0 Å². The normalized spacial score (nSPS) is 15.2. The Bertz CT molecular complexity index is 647. The maximum atomic E-state index is 5.92. The summed E-state index contributed by atoms with van der Waals surface area (Å²) in [6, 6.07) is 9.69. The number of hydrogen-bond acceptors (Lipinski definition) is 3. The van der Waals surface area contributed by atoms with Crippen molar-refractivity contribution in [1.82, 2.24) is 14.7 Å². The third kappa shape index (κ3) is 3.10. The van der Waals surface area contributed by atoms with Gasteiger partial charge in [0.1, 0.15) is 4.99 Å². The standard InChI is InChI=1S/C15H16ClN3OS/c1-18-14(15(21)19-6-8-20-9-7-19)10-13(17-18)11-2-4-12(16)5-3-11/h2-5,10H,6-9H2,1H3. The van der Waals surface area contributed by atoms with Crippen molar-refractivity contribution in [3.63, 3.8) is 0 Å². The Balaban J connectivity index is 1.87. The number of nitrogens with zero attached hydrogens (tertiary/aromatic N) is 3. The van der Waals surface area contributed by atoms with E-state index < -0.39 is 0 Å². The zero-order chi connectivity index (χ0) is 14.8. The molecule has 1 fully saturated rings. The SMILES string of the molecule is Cn1nc(-c2ccc(Cl)cc2)cc1C(=S)N1CCOCC1. The number of aryl methyl sites for hydroxylation is 1. The molecule has 0 radical (unpaired) electrons. The Labute approximate surface area is 134 Å². The Kier molecular flexibility index (Phi) is 4.24. The Hall–Kier alpha value is -1.43. The number of morpholine rings is 1. The summed E-state index contributed by atoms with van der Waals surface area (Å²) in [5.74, 6) is 0. The van der Waals surface area contributed by atoms with Crippen molar-refractivity contribution in [3.05, 3.63) is 41.0 Å². The van der Waals surface area contributed by atoms with Gasteiger partial charge in [0.05, 0.1) is 24.6 Å². The second-order valence-electron chi connectivity index (χ2n) is 4.95. The number of thiocarbonyl (C=S) groups is 1. The van der Waals surface area contributed by atoms with Crippen molar-refractivity contribution in [2.24, 2.45) is 7.05 Å². The predicted octanol–water partition coefficient (Wildman–Crippen LogP) is 2.75. The van der Waals surface area contributed by atoms with E-state index in [-0.39, 0.29) is 0 Å². The van der Waals surface area contributed by atoms with Crippen LogP contribution in [0.3, 0.4) is 0 Å². The fourth-order valence-corrected chi connectivity index (χ4v) is 2.86. The van der Waals surface area contributed by atoms with E-state index >= 15 is 0 Å². The van der Waals surface area contributed by atoms with Crippen LogP contribution in [0.15, 0.2) is 30.3 Å². The van der Waals surface area contributed by atoms with Crippen molar-refractivity contribution >= 4 is 28.8 Å². The fourth-order valence-electron chi connectivity index (χ4n) is 2.36. The number of hydrogen-bond donors (Lipinski definition) is 0. The molecular formula is C15H16ClN3OS. The quantitative estimate of drug-likeness (QED) is 0.796. The largest absolute Gasteiger partial charge is 0.378 e. The molecule has 1 aromatic heterocycles. The van der Waals surface area contributed by atoms with Crippen molar-refractivity contribution < 1.29 is 4.74 Å². The first-order chi connectivity index (χ1) is 10.1. The van der Waals surface area contributed by atoms with Crippen LogP contribution in [0.5, 0.6) is 0 Å². The maximum Gasteiger partial charge on any atom is 0.127 e. The lowest BCUT2D eigenvalue weighted by Crippen LogP contribution is -2.40. The highest BCUT2D eigenvalue weighted by Crippen LogP contribution is 2.22. The summed E-state index contributed by atoms with van der Waals surface area (Å²) in [7, 11) is 1.92. The van der Waals surface area contributed by atoms with Gasteiger partial charge in [-0.05, 0) is 18.2 Å². The van der Waals surface area contributed by atoms with Gasteiger partial charge in [-0.3, -0.25) is 4.68 Å². The van der Waals surface area contributed by atoms with Gasteiger partial charge in [0.15, 0.2) is 0 Å². The molecule has 0 spiro atoms. The number of ether oxygens (including phenoxy) is 1. The molecule has 1 saturated heterocycles. The summed E-state index contributed by atoms with van der Waals surface area (Å²) in [6.45, 7) is 3.12. The van der Waals surface area contributed by atoms with Crippen LogP contribution in [-0.2, 0) is 11.8 Å². The van der Waals surface area contributed by atoms with Crippen LogP contribution < -0.4 is 0 Å². The highest BCUT2D eigenvalue weighted by atomic mass is 35.5. The molecule has 0 aliphatic carbocycles. The molecular weight excluding hydrogens is 306 g/mol. The number of aromatic nitrogens is 2. The first kappa shape index (κ1) is 14.5. The minimum absolute atomic E-state index is 0.721. The van der Waals surface area contributed by atoms with Gasteiger partial charge in [-0.1, -0.05) is 36.0 Å². The molecule has 0 bridgehead atoms. The van der Waals surface area contributed by atoms with Gasteiger partial charge in [0.2, 0.25) is 0 Å². The van der Waals surface area contributed by atoms with E-state index in [1.54, 1.807) is 0 Å². The third-order valence-electron chi connectivity index (χ3n) is 3.54. The van der Waals surface area contributed by atoms with Crippen LogP contribution >= 0.6 is 23.8 Å². The summed E-state index contributed by atoms with van der Waals surface area (Å²) in [4.78, 5) is 3.00. The third-order valence-corrected chi connectivity index (χ3v) is 4.26. The summed E-state index contributed by atoms with van der Waals surface area (Å²) in [5.41, 5.74) is 2.89. The summed E-state index contributed by atoms with van der Waals surface area (Å²) in [6.07, 6.45) is 0. The smallest absolute Gasteiger partial charge is 0.127 e. The number of benzene rings is 1. The van der Waals surface area contributed by atoms with E-state index in [1.165, 1.54) is 0 Å². The van der Waals surface area contributed by atoms with Crippen molar-refractivity contribution in [3.8, 4) is 11.3 Å². The molecule has 1 aliphatic heterocycles. The van der Waals surface area contributed by atoms with Gasteiger partial charge >= 0.3 is 0 Å². The first-order valence-electron chi connectivity index (χ1n) is 6.82. The topological polar surface area (TPSA) is 30.3 Å². The van der Waals surface area contributed by atoms with Crippen LogP contribution in [0, 0.1) is 0 Å². The van der Waals surface area contributed by atoms with Gasteiger partial charge in [-0.2, -0.15) is 5.10 Å². The molecule has 1 aromatic carbocycles. The molecule has 2 aromatic rings. The zero-order valence-electron chi connectivity index (χ0n) is 11.8. The van der Waals surface area contributed by atoms with Crippen molar-refractivity contribution in [1.29, 1.82) is 0 Å². The second-order valence-corrected chi connectivity index (χ2v) is 5.77. The lowest BCUT2D eigenvalue weighted by molar-refractivity contribution is 0.0691. The summed E-state index contributed by atoms with van der Waals surface area (Å²) in [5, 5.41) is 5.28. The van der Waals surface area contributed by atoms with Gasteiger partial charge in [0, 0.05) is 30.7 Å². The highest BCUT2D eigenvalue weighted by Gasteiger charge is 2.19. The van der Waals surface area contributed by atoms with Gasteiger partial charge in [-0.25, -0.2) is 0 Å². The minimum Gasteiger partial charge on any atom is -0.378 e. The molecule has 110 valence electrons. The number of rotatable bonds is 2. The fraction of sp³-hybridized carbons (Fsp3) is 0.333. The number of halogens is 1. The van der Waals surface area contributed by atoms with E-state index in [2.05, 4.69) is 10.00 Å². The molecule has 0 unspecified atom stereocenters. The average molecular weight is 322 g/mol. The van der Waals surface area contributed by atoms with Crippen LogP contribution in [0.1, 0.15) is 5.69 Å². The Morgan fingerprint density at radius 3 is 2.57 bits per heavy atom. The van der Waals surface area contributed by atoms with Crippen LogP contribution in [0.2, 0.25) is 5.02 Å². The Morgan fingerprint density at radius 1 is 1.24 bits per heavy atom. The lowest BCUT2D eigenvalue weighted by atomic mass is 10.1. The molecule has 0 atom stereocenters. The van der Waals surface area contributed by atoms with E-state index in [4.69, 9.17) is 28.6 Å². The van der Waals surface area contributed by atoms with E-state index in [1.807, 2.05) is 42.1 Å². The van der Waals surface area contributed by atoms with Gasteiger partial charge in [-0.15, -0.1) is 0 Å². The summed E-state index contributed by atoms with van der Waals surface area (Å²) < 4.78 is 7.20. The van der Waals surface area contributed by atoms with Gasteiger partial charge in [0.25, 0.3) is 0 Å². The van der Waals surface area contributed by atoms with E-state index in [0.29, 0.717) is 0 Å². The minimum atomic E-state index is 0.721. The Morgan fingerprint density at radius 2 is 1.90 bits per heavy atom. The molecule has 0 N–H and O–H groups in total. The molecule has 3 rings (SSSR count). The van der Waals surface area contributed by atoms with E-state index in [0.717, 1.165) is 53.3 Å². The molecule has 0 amide bonds. The van der Waals surface area contributed by atoms with Crippen molar-refractivity contribution in [2.75, 3.05) is 26.3 Å². The predicted molar refractivity (Wildman–Crippen MR) is 87.7 cm³/mol. The molecule has 4 nitrogen and oxygen atoms in total. The molecule has 6 heteroatoms. The monoisotopic (exact) mass is 321 g/mol. The average Bonchev–Trinajstić information content (AvgIpc) is 2.90. The van der Waals surface area contributed by atoms with Crippen LogP contribution in [0.25, 0.3) is 11.3 Å². The molecule has 1 aliphatic rings. The molecule has 2 heterocycles. The van der Waals surface area contributed by atoms with Crippen molar-refractivity contribution in [2.45, 2.75) is 0 Å². The second kappa shape index (κ2) is 6.13. The maximum absolute atomic E-state index is 5.92. The highest BCUT2D eigenvalue weighted by molar-refractivity contribution is 7.80. The zero-order valence-corrected chi connectivity index (χ0v) is 13.3. The van der Waals surface area contributed by atoms with Crippen LogP contribution in [-0.4, -0.2) is 46.0 Å². The first-order valence-corrected chi connectivity index (χ1v) is 7.61. The summed E-state index contributed by atoms with van der Waals surface area (Å²) >= 11 is 11.5. The lowest BCUT2D eigenvalue weighted by Gasteiger charge is -2.28. The molecule has 21 heavy (non-hydrogen) atoms. The van der Waals surface area contributed by atoms with E-state index in [9.17, 15) is 0 Å². The molecule has 0 saturated carbocycles. The van der Waals surface area contributed by atoms with Gasteiger partial charge < -0.3 is 9.64 Å².